The maximum atomic E-state index is 13.4. The van der Waals surface area contributed by atoms with Gasteiger partial charge in [-0.15, -0.1) is 0 Å². The highest BCUT2D eigenvalue weighted by molar-refractivity contribution is 5.82. The number of rotatable bonds is 20. The fourth-order valence-corrected chi connectivity index (χ4v) is 9.10. The lowest BCUT2D eigenvalue weighted by molar-refractivity contribution is -0.374. The number of fused-ring (bicyclic) bond motifs is 3. The number of carbonyl (C=O) groups is 2. The molecular formula is C44H64N2O16. The van der Waals surface area contributed by atoms with Crippen LogP contribution in [-0.4, -0.2) is 181 Å². The smallest absolute Gasteiger partial charge is 0.306 e. The van der Waals surface area contributed by atoms with Gasteiger partial charge in [-0.3, -0.25) is 9.59 Å². The van der Waals surface area contributed by atoms with Crippen LogP contribution in [0.2, 0.25) is 0 Å². The number of nitrogens with two attached hydrogens (primary N) is 1. The third-order valence-electron chi connectivity index (χ3n) is 12.2. The van der Waals surface area contributed by atoms with Crippen LogP contribution >= 0.6 is 0 Å². The van der Waals surface area contributed by atoms with Crippen LogP contribution in [0.3, 0.4) is 0 Å². The summed E-state index contributed by atoms with van der Waals surface area (Å²) in [5, 5.41) is 2.87. The van der Waals surface area contributed by atoms with Crippen LogP contribution in [-0.2, 0) is 75.9 Å². The molecular weight excluding hydrogens is 812 g/mol. The summed E-state index contributed by atoms with van der Waals surface area (Å²) in [5.74, 6) is -1.04. The van der Waals surface area contributed by atoms with Gasteiger partial charge in [0.15, 0.2) is 18.8 Å². The number of esters is 1. The Bertz CT molecular complexity index is 1690. The standard InChI is InChI=1S/C44H64N2O16/c1-23-33(45)36(51-4)40(55-8)43(58-23)61-35-30(22-50-3)60-44(41(56-9)38(35)53-6)62-34-29(21-49-2)59-42(39(54-7)37(34)52-5)46-31(47)18-19-32(48)57-20-28-26-16-12-10-14-24(26)25-15-11-13-17-27(25)28/h10-17,23,28-30,33-44H,18-22,45H2,1-9H3,(H,46,47). The minimum Gasteiger partial charge on any atom is -0.465 e. The number of benzene rings is 2. The molecule has 3 fully saturated rings. The van der Waals surface area contributed by atoms with Crippen molar-refractivity contribution in [1.82, 2.24) is 5.32 Å². The second-order valence-electron chi connectivity index (χ2n) is 15.7. The van der Waals surface area contributed by atoms with Gasteiger partial charge in [-0.2, -0.15) is 0 Å². The van der Waals surface area contributed by atoms with E-state index >= 15 is 0 Å². The van der Waals surface area contributed by atoms with Crippen molar-refractivity contribution in [2.75, 3.05) is 76.7 Å². The Labute approximate surface area is 363 Å². The zero-order valence-electron chi connectivity index (χ0n) is 37.0. The zero-order valence-corrected chi connectivity index (χ0v) is 37.0. The number of amides is 1. The molecule has 18 heteroatoms. The van der Waals surface area contributed by atoms with Crippen molar-refractivity contribution in [3.05, 3.63) is 59.7 Å². The number of hydrogen-bond donors (Lipinski definition) is 2. The summed E-state index contributed by atoms with van der Waals surface area (Å²) < 4.78 is 84.8. The molecule has 0 saturated carbocycles. The highest BCUT2D eigenvalue weighted by Gasteiger charge is 2.55. The quantitative estimate of drug-likeness (QED) is 0.183. The summed E-state index contributed by atoms with van der Waals surface area (Å²) in [4.78, 5) is 26.4. The molecule has 0 aromatic heterocycles. The van der Waals surface area contributed by atoms with Gasteiger partial charge in [-0.05, 0) is 29.2 Å². The SMILES string of the molecule is COCC1OC(NC(=O)CCC(=O)OCC2c3ccccc3-c3ccccc32)C(OC)C(OC)C1OC1OC(COC)C(OC2OC(C)C(N)C(OC)C2OC)C(OC)C1OC. The molecule has 2 aromatic carbocycles. The number of hydrogen-bond acceptors (Lipinski definition) is 17. The summed E-state index contributed by atoms with van der Waals surface area (Å²) >= 11 is 0. The molecule has 3 heterocycles. The Morgan fingerprint density at radius 1 is 0.581 bits per heavy atom. The topological polar surface area (TPSA) is 201 Å². The molecule has 1 amide bonds. The number of ether oxygens (including phenoxy) is 14. The van der Waals surface area contributed by atoms with Crippen LogP contribution in [0, 0.1) is 0 Å². The summed E-state index contributed by atoms with van der Waals surface area (Å²) in [6, 6.07) is 15.7. The lowest BCUT2D eigenvalue weighted by atomic mass is 9.95. The molecule has 3 aliphatic heterocycles. The van der Waals surface area contributed by atoms with E-state index in [1.807, 2.05) is 31.2 Å². The van der Waals surface area contributed by atoms with Crippen LogP contribution in [0.5, 0.6) is 0 Å². The number of nitrogens with one attached hydrogen (secondary N) is 1. The third-order valence-corrected chi connectivity index (χ3v) is 12.2. The summed E-state index contributed by atoms with van der Waals surface area (Å²) in [6.07, 6.45) is -11.5. The van der Waals surface area contributed by atoms with Crippen LogP contribution in [0.25, 0.3) is 11.1 Å². The zero-order chi connectivity index (χ0) is 44.5. The molecule has 1 aliphatic carbocycles. The first kappa shape index (κ1) is 48.3. The molecule has 346 valence electrons. The van der Waals surface area contributed by atoms with Crippen molar-refractivity contribution in [2.24, 2.45) is 5.73 Å². The van der Waals surface area contributed by atoms with E-state index in [-0.39, 0.29) is 38.6 Å². The molecule has 0 bridgehead atoms. The second kappa shape index (κ2) is 22.6. The fraction of sp³-hybridized carbons (Fsp3) is 0.682. The van der Waals surface area contributed by atoms with Crippen molar-refractivity contribution in [1.29, 1.82) is 0 Å². The molecule has 18 nitrogen and oxygen atoms in total. The molecule has 3 N–H and O–H groups in total. The molecule has 62 heavy (non-hydrogen) atoms. The summed E-state index contributed by atoms with van der Waals surface area (Å²) in [7, 11) is 12.2. The van der Waals surface area contributed by atoms with Crippen LogP contribution in [0.1, 0.15) is 36.8 Å². The molecule has 6 rings (SSSR count). The van der Waals surface area contributed by atoms with E-state index in [0.717, 1.165) is 22.3 Å². The average molecular weight is 877 g/mol. The summed E-state index contributed by atoms with van der Waals surface area (Å²) in [5.41, 5.74) is 10.9. The van der Waals surface area contributed by atoms with Crippen molar-refractivity contribution < 1.29 is 75.9 Å². The van der Waals surface area contributed by atoms with E-state index in [2.05, 4.69) is 29.6 Å². The van der Waals surface area contributed by atoms with Crippen LogP contribution in [0.15, 0.2) is 48.5 Å². The highest BCUT2D eigenvalue weighted by atomic mass is 16.8. The Hall–Kier alpha value is -3.18. The van der Waals surface area contributed by atoms with Crippen LogP contribution < -0.4 is 11.1 Å². The number of methoxy groups -OCH3 is 8. The van der Waals surface area contributed by atoms with E-state index < -0.39 is 104 Å². The Morgan fingerprint density at radius 3 is 1.60 bits per heavy atom. The van der Waals surface area contributed by atoms with E-state index in [0.29, 0.717) is 0 Å². The average Bonchev–Trinajstić information content (AvgIpc) is 3.60. The van der Waals surface area contributed by atoms with E-state index in [9.17, 15) is 9.59 Å². The van der Waals surface area contributed by atoms with Gasteiger partial charge in [0.25, 0.3) is 0 Å². The molecule has 4 aliphatic rings. The first-order valence-electron chi connectivity index (χ1n) is 20.9. The van der Waals surface area contributed by atoms with Gasteiger partial charge < -0.3 is 77.4 Å². The first-order chi connectivity index (χ1) is 30.1. The predicted octanol–water partition coefficient (Wildman–Crippen LogP) is 1.91. The van der Waals surface area contributed by atoms with Gasteiger partial charge in [0, 0.05) is 69.2 Å². The Morgan fingerprint density at radius 2 is 1.06 bits per heavy atom. The molecule has 2 aromatic rings. The Balaban J connectivity index is 1.10. The van der Waals surface area contributed by atoms with Crippen molar-refractivity contribution >= 4 is 11.9 Å². The van der Waals surface area contributed by atoms with Gasteiger partial charge in [0.2, 0.25) is 5.91 Å². The largest absolute Gasteiger partial charge is 0.465 e. The number of carbonyl (C=O) groups excluding carboxylic acids is 2. The molecule has 15 unspecified atom stereocenters. The molecule has 0 radical (unpaired) electrons. The minimum absolute atomic E-state index is 0.0385. The lowest BCUT2D eigenvalue weighted by Crippen LogP contribution is -2.68. The summed E-state index contributed by atoms with van der Waals surface area (Å²) in [6.45, 7) is 2.11. The Kier molecular flexibility index (Phi) is 17.6. The maximum Gasteiger partial charge on any atom is 0.306 e. The third kappa shape index (κ3) is 10.3. The van der Waals surface area contributed by atoms with Crippen molar-refractivity contribution in [2.45, 2.75) is 118 Å². The van der Waals surface area contributed by atoms with Gasteiger partial charge in [-0.1, -0.05) is 48.5 Å². The predicted molar refractivity (Wildman–Crippen MR) is 220 cm³/mol. The minimum atomic E-state index is -1.08. The highest BCUT2D eigenvalue weighted by Crippen LogP contribution is 2.44. The fourth-order valence-electron chi connectivity index (χ4n) is 9.10. The van der Waals surface area contributed by atoms with Crippen molar-refractivity contribution in [3.8, 4) is 11.1 Å². The van der Waals surface area contributed by atoms with Gasteiger partial charge in [0.05, 0.1) is 31.8 Å². The van der Waals surface area contributed by atoms with E-state index in [1.54, 1.807) is 7.11 Å². The molecule has 15 atom stereocenters. The second-order valence-corrected chi connectivity index (χ2v) is 15.7. The van der Waals surface area contributed by atoms with Gasteiger partial charge in [-0.25, -0.2) is 0 Å². The van der Waals surface area contributed by atoms with E-state index in [4.69, 9.17) is 72.0 Å². The lowest BCUT2D eigenvalue weighted by Gasteiger charge is -2.51. The molecule has 3 saturated heterocycles. The van der Waals surface area contributed by atoms with E-state index in [1.165, 1.54) is 49.8 Å². The van der Waals surface area contributed by atoms with Crippen molar-refractivity contribution in [3.63, 3.8) is 0 Å². The first-order valence-corrected chi connectivity index (χ1v) is 20.9. The monoisotopic (exact) mass is 876 g/mol. The molecule has 0 spiro atoms. The maximum absolute atomic E-state index is 13.4. The van der Waals surface area contributed by atoms with Crippen LogP contribution in [0.4, 0.5) is 0 Å². The van der Waals surface area contributed by atoms with Gasteiger partial charge >= 0.3 is 5.97 Å². The van der Waals surface area contributed by atoms with Gasteiger partial charge in [0.1, 0.15) is 67.6 Å². The normalized spacial score (nSPS) is 34.6.